The topological polar surface area (TPSA) is 62.5 Å². The number of aromatic nitrogens is 1. The molecule has 0 saturated heterocycles. The molecule has 0 unspecified atom stereocenters. The molecule has 9 heteroatoms. The van der Waals surface area contributed by atoms with E-state index in [-0.39, 0.29) is 24.5 Å². The van der Waals surface area contributed by atoms with Gasteiger partial charge in [-0.3, -0.25) is 0 Å². The van der Waals surface area contributed by atoms with Gasteiger partial charge >= 0.3 is 6.18 Å². The van der Waals surface area contributed by atoms with Crippen LogP contribution < -0.4 is 0 Å². The molecule has 0 atom stereocenters. The first-order valence-corrected chi connectivity index (χ1v) is 7.38. The van der Waals surface area contributed by atoms with Crippen molar-refractivity contribution in [3.63, 3.8) is 0 Å². The third-order valence-corrected chi connectivity index (χ3v) is 4.52. The van der Waals surface area contributed by atoms with Gasteiger partial charge in [-0.05, 0) is 12.5 Å². The Kier molecular flexibility index (Phi) is 5.22. The number of hydrogen-bond donors (Lipinski definition) is 1. The van der Waals surface area contributed by atoms with Crippen molar-refractivity contribution in [3.05, 3.63) is 18.0 Å². The van der Waals surface area contributed by atoms with Crippen molar-refractivity contribution in [1.29, 1.82) is 0 Å². The van der Waals surface area contributed by atoms with Gasteiger partial charge in [0.2, 0.25) is 10.0 Å². The van der Waals surface area contributed by atoms with E-state index < -0.39 is 22.7 Å². The normalized spacial score (nSPS) is 13.2. The molecule has 1 aromatic rings. The number of sulfonamides is 1. The highest BCUT2D eigenvalue weighted by Crippen LogP contribution is 2.24. The molecular weight excluding hydrogens is 297 g/mol. The van der Waals surface area contributed by atoms with E-state index in [0.29, 0.717) is 10.00 Å². The van der Waals surface area contributed by atoms with Crippen LogP contribution >= 0.6 is 0 Å². The zero-order chi connectivity index (χ0) is 15.6. The van der Waals surface area contributed by atoms with Gasteiger partial charge in [0.05, 0.1) is 6.61 Å². The fourth-order valence-corrected chi connectivity index (χ4v) is 3.37. The zero-order valence-electron chi connectivity index (χ0n) is 11.2. The highest BCUT2D eigenvalue weighted by atomic mass is 32.2. The van der Waals surface area contributed by atoms with Crippen molar-refractivity contribution in [2.24, 2.45) is 7.05 Å². The number of rotatable bonds is 6. The van der Waals surface area contributed by atoms with Gasteiger partial charge in [-0.15, -0.1) is 0 Å². The third-order valence-electron chi connectivity index (χ3n) is 2.71. The minimum atomic E-state index is -4.60. The molecule has 1 aromatic heterocycles. The molecule has 0 radical (unpaired) electrons. The third kappa shape index (κ3) is 3.97. The molecule has 0 aliphatic carbocycles. The van der Waals surface area contributed by atoms with Gasteiger partial charge in [-0.25, -0.2) is 8.42 Å². The van der Waals surface area contributed by atoms with Crippen LogP contribution in [-0.4, -0.2) is 41.7 Å². The number of nitrogens with zero attached hydrogens (tertiary/aromatic N) is 2. The molecule has 0 bridgehead atoms. The van der Waals surface area contributed by atoms with Crippen LogP contribution in [0.2, 0.25) is 0 Å². The molecule has 116 valence electrons. The summed E-state index contributed by atoms with van der Waals surface area (Å²) in [5, 5.41) is 9.02. The molecule has 0 aliphatic rings. The van der Waals surface area contributed by atoms with Gasteiger partial charge < -0.3 is 9.67 Å². The molecule has 0 fully saturated rings. The Morgan fingerprint density at radius 1 is 1.40 bits per heavy atom. The lowest BCUT2D eigenvalue weighted by Gasteiger charge is -2.22. The minimum absolute atomic E-state index is 0.217. The second-order valence-electron chi connectivity index (χ2n) is 4.39. The summed E-state index contributed by atoms with van der Waals surface area (Å²) >= 11 is 0. The van der Waals surface area contributed by atoms with Crippen LogP contribution in [0.25, 0.3) is 0 Å². The maximum Gasteiger partial charge on any atom is 0.402 e. The summed E-state index contributed by atoms with van der Waals surface area (Å²) in [6.07, 6.45) is -3.13. The van der Waals surface area contributed by atoms with Crippen molar-refractivity contribution in [2.75, 3.05) is 13.1 Å². The largest absolute Gasteiger partial charge is 0.402 e. The quantitative estimate of drug-likeness (QED) is 0.865. The van der Waals surface area contributed by atoms with Crippen LogP contribution in [0.4, 0.5) is 13.2 Å². The van der Waals surface area contributed by atoms with Gasteiger partial charge in [-0.2, -0.15) is 17.5 Å². The lowest BCUT2D eigenvalue weighted by atomic mass is 10.4. The highest BCUT2D eigenvalue weighted by molar-refractivity contribution is 7.89. The number of hydrogen-bond acceptors (Lipinski definition) is 3. The molecule has 0 aliphatic heterocycles. The summed E-state index contributed by atoms with van der Waals surface area (Å²) in [4.78, 5) is -0.248. The van der Waals surface area contributed by atoms with Gasteiger partial charge in [0, 0.05) is 25.5 Å². The Morgan fingerprint density at radius 2 is 2.00 bits per heavy atom. The van der Waals surface area contributed by atoms with Crippen molar-refractivity contribution in [3.8, 4) is 0 Å². The average Bonchev–Trinajstić information content (AvgIpc) is 2.69. The van der Waals surface area contributed by atoms with E-state index in [9.17, 15) is 21.6 Å². The van der Waals surface area contributed by atoms with Crippen molar-refractivity contribution in [2.45, 2.75) is 31.0 Å². The van der Waals surface area contributed by atoms with Crippen LogP contribution in [0.15, 0.2) is 17.2 Å². The van der Waals surface area contributed by atoms with Crippen molar-refractivity contribution in [1.82, 2.24) is 8.87 Å². The Balaban J connectivity index is 3.15. The van der Waals surface area contributed by atoms with Crippen molar-refractivity contribution < 1.29 is 26.7 Å². The summed E-state index contributed by atoms with van der Waals surface area (Å²) in [6, 6.07) is 1.17. The molecule has 1 rings (SSSR count). The van der Waals surface area contributed by atoms with E-state index in [0.717, 1.165) is 0 Å². The van der Waals surface area contributed by atoms with Gasteiger partial charge in [0.15, 0.2) is 0 Å². The zero-order valence-corrected chi connectivity index (χ0v) is 12.0. The molecular formula is C11H17F3N2O3S. The predicted octanol–water partition coefficient (Wildman–Crippen LogP) is 1.48. The number of aryl methyl sites for hydroxylation is 1. The molecule has 0 amide bonds. The first kappa shape index (κ1) is 17.0. The Labute approximate surface area is 115 Å². The average molecular weight is 314 g/mol. The Bertz CT molecular complexity index is 552. The molecule has 1 heterocycles. The fourth-order valence-electron chi connectivity index (χ4n) is 1.76. The van der Waals surface area contributed by atoms with E-state index in [1.54, 1.807) is 6.92 Å². The SMILES string of the molecule is CCCN(CC(F)(F)F)S(=O)(=O)c1cc(CO)n(C)c1. The van der Waals surface area contributed by atoms with Crippen LogP contribution in [0.5, 0.6) is 0 Å². The second-order valence-corrected chi connectivity index (χ2v) is 6.33. The van der Waals surface area contributed by atoms with E-state index in [2.05, 4.69) is 0 Å². The summed E-state index contributed by atoms with van der Waals surface area (Å²) in [5.41, 5.74) is 0.312. The van der Waals surface area contributed by atoms with Gasteiger partial charge in [-0.1, -0.05) is 6.92 Å². The molecule has 0 spiro atoms. The smallest absolute Gasteiger partial charge is 0.390 e. The van der Waals surface area contributed by atoms with E-state index in [1.807, 2.05) is 0 Å². The standard InChI is InChI=1S/C11H17F3N2O3S/c1-3-4-16(8-11(12,13)14)20(18,19)10-5-9(7-17)15(2)6-10/h5-6,17H,3-4,7-8H2,1-2H3. The molecule has 20 heavy (non-hydrogen) atoms. The molecule has 0 aromatic carbocycles. The van der Waals surface area contributed by atoms with E-state index in [1.165, 1.54) is 23.9 Å². The first-order chi connectivity index (χ1) is 9.11. The van der Waals surface area contributed by atoms with E-state index >= 15 is 0 Å². The fraction of sp³-hybridized carbons (Fsp3) is 0.636. The summed E-state index contributed by atoms with van der Waals surface area (Å²) in [5.74, 6) is 0. The Hall–Kier alpha value is -1.06. The number of aliphatic hydroxyl groups is 1. The lowest BCUT2D eigenvalue weighted by molar-refractivity contribution is -0.136. The summed E-state index contributed by atoms with van der Waals surface area (Å²) < 4.78 is 63.6. The lowest BCUT2D eigenvalue weighted by Crippen LogP contribution is -2.39. The van der Waals surface area contributed by atoms with Crippen molar-refractivity contribution >= 4 is 10.0 Å². The molecule has 1 N–H and O–H groups in total. The van der Waals surface area contributed by atoms with Crippen LogP contribution in [-0.2, 0) is 23.7 Å². The highest BCUT2D eigenvalue weighted by Gasteiger charge is 2.37. The second kappa shape index (κ2) is 6.15. The molecule has 5 nitrogen and oxygen atoms in total. The van der Waals surface area contributed by atoms with Crippen LogP contribution in [0.3, 0.4) is 0 Å². The van der Waals surface area contributed by atoms with Gasteiger partial charge in [0.25, 0.3) is 0 Å². The number of aliphatic hydroxyl groups excluding tert-OH is 1. The number of halogens is 3. The van der Waals surface area contributed by atoms with Gasteiger partial charge in [0.1, 0.15) is 11.4 Å². The number of alkyl halides is 3. The summed E-state index contributed by atoms with van der Waals surface area (Å²) in [7, 11) is -2.71. The Morgan fingerprint density at radius 3 is 2.40 bits per heavy atom. The van der Waals surface area contributed by atoms with E-state index in [4.69, 9.17) is 5.11 Å². The monoisotopic (exact) mass is 314 g/mol. The minimum Gasteiger partial charge on any atom is -0.390 e. The van der Waals surface area contributed by atoms with Crippen LogP contribution in [0.1, 0.15) is 19.0 Å². The van der Waals surface area contributed by atoms with Crippen LogP contribution in [0, 0.1) is 0 Å². The maximum absolute atomic E-state index is 12.5. The molecule has 0 saturated carbocycles. The first-order valence-electron chi connectivity index (χ1n) is 5.94. The summed E-state index contributed by atoms with van der Waals surface area (Å²) in [6.45, 7) is -0.528. The maximum atomic E-state index is 12.5. The predicted molar refractivity (Wildman–Crippen MR) is 66.4 cm³/mol.